The number of rotatable bonds is 4. The van der Waals surface area contributed by atoms with Crippen LogP contribution in [0, 0.1) is 11.3 Å². The molecule has 28 heavy (non-hydrogen) atoms. The third-order valence-electron chi connectivity index (χ3n) is 3.61. The van der Waals surface area contributed by atoms with E-state index < -0.39 is 17.6 Å². The third kappa shape index (κ3) is 4.62. The number of alkyl halides is 3. The molecule has 0 spiro atoms. The molecule has 0 aliphatic heterocycles. The molecule has 2 aromatic carbocycles. The van der Waals surface area contributed by atoms with Gasteiger partial charge in [-0.25, -0.2) is 9.97 Å². The zero-order valence-electron chi connectivity index (χ0n) is 14.2. The summed E-state index contributed by atoms with van der Waals surface area (Å²) in [6, 6.07) is 13.0. The van der Waals surface area contributed by atoms with Crippen molar-refractivity contribution in [2.45, 2.75) is 6.18 Å². The van der Waals surface area contributed by atoms with Gasteiger partial charge in [-0.15, -0.1) is 0 Å². The van der Waals surface area contributed by atoms with Crippen molar-refractivity contribution in [1.29, 1.82) is 5.26 Å². The highest BCUT2D eigenvalue weighted by atomic mass is 19.4. The van der Waals surface area contributed by atoms with Crippen LogP contribution in [0.4, 0.5) is 30.5 Å². The van der Waals surface area contributed by atoms with Gasteiger partial charge in [0.1, 0.15) is 0 Å². The lowest BCUT2D eigenvalue weighted by Gasteiger charge is -2.10. The molecule has 9 heteroatoms. The summed E-state index contributed by atoms with van der Waals surface area (Å²) >= 11 is 0. The van der Waals surface area contributed by atoms with Crippen molar-refractivity contribution in [1.82, 2.24) is 9.97 Å². The average molecular weight is 383 g/mol. The summed E-state index contributed by atoms with van der Waals surface area (Å²) in [5.74, 6) is -0.442. The average Bonchev–Trinajstić information content (AvgIpc) is 2.68. The molecule has 1 aromatic heterocycles. The molecule has 0 aliphatic carbocycles. The fraction of sp³-hybridized carbons (Fsp3) is 0.0526. The van der Waals surface area contributed by atoms with Crippen LogP contribution in [0.1, 0.15) is 21.5 Å². The second kappa shape index (κ2) is 7.75. The minimum Gasteiger partial charge on any atom is -0.324 e. The number of carbonyl (C=O) groups excluding carboxylic acids is 1. The molecular formula is C19H12F3N5O. The number of anilines is 3. The molecule has 6 nitrogen and oxygen atoms in total. The van der Waals surface area contributed by atoms with Crippen molar-refractivity contribution < 1.29 is 18.0 Å². The van der Waals surface area contributed by atoms with Crippen molar-refractivity contribution in [2.24, 2.45) is 0 Å². The van der Waals surface area contributed by atoms with Gasteiger partial charge in [0.25, 0.3) is 5.91 Å². The van der Waals surface area contributed by atoms with Crippen molar-refractivity contribution in [2.75, 3.05) is 10.6 Å². The Morgan fingerprint density at radius 3 is 2.36 bits per heavy atom. The van der Waals surface area contributed by atoms with Crippen LogP contribution in [0.3, 0.4) is 0 Å². The van der Waals surface area contributed by atoms with E-state index in [9.17, 15) is 18.0 Å². The predicted octanol–water partition coefficient (Wildman–Crippen LogP) is 4.36. The molecule has 3 rings (SSSR count). The molecule has 0 fully saturated rings. The monoisotopic (exact) mass is 383 g/mol. The lowest BCUT2D eigenvalue weighted by Crippen LogP contribution is -2.14. The Hall–Kier alpha value is -3.93. The van der Waals surface area contributed by atoms with Crippen molar-refractivity contribution in [3.8, 4) is 6.07 Å². The minimum atomic E-state index is -4.50. The number of hydrogen-bond donors (Lipinski definition) is 2. The van der Waals surface area contributed by atoms with Crippen molar-refractivity contribution in [3.63, 3.8) is 0 Å². The molecule has 140 valence electrons. The quantitative estimate of drug-likeness (QED) is 0.698. The summed E-state index contributed by atoms with van der Waals surface area (Å²) in [6.07, 6.45) is -2.02. The SMILES string of the molecule is N#Cc1cccc(Nc2ncc(C(=O)Nc3cccc(C(F)(F)F)c3)cn2)c1. The van der Waals surface area contributed by atoms with Crippen LogP contribution in [0.25, 0.3) is 0 Å². The lowest BCUT2D eigenvalue weighted by molar-refractivity contribution is -0.137. The first-order valence-electron chi connectivity index (χ1n) is 7.93. The highest BCUT2D eigenvalue weighted by Crippen LogP contribution is 2.30. The second-order valence-electron chi connectivity index (χ2n) is 5.65. The van der Waals surface area contributed by atoms with Crippen LogP contribution >= 0.6 is 0 Å². The number of nitrogens with one attached hydrogen (secondary N) is 2. The number of benzene rings is 2. The van der Waals surface area contributed by atoms with Crippen LogP contribution < -0.4 is 10.6 Å². The number of halogens is 3. The number of amides is 1. The second-order valence-corrected chi connectivity index (χ2v) is 5.65. The minimum absolute atomic E-state index is 0.00958. The first-order chi connectivity index (χ1) is 13.3. The first-order valence-corrected chi connectivity index (χ1v) is 7.93. The zero-order valence-corrected chi connectivity index (χ0v) is 14.2. The van der Waals surface area contributed by atoms with Gasteiger partial charge in [-0.2, -0.15) is 18.4 Å². The van der Waals surface area contributed by atoms with Crippen molar-refractivity contribution >= 4 is 23.2 Å². The third-order valence-corrected chi connectivity index (χ3v) is 3.61. The van der Waals surface area contributed by atoms with Crippen LogP contribution in [0.5, 0.6) is 0 Å². The van der Waals surface area contributed by atoms with Crippen LogP contribution in [-0.4, -0.2) is 15.9 Å². The summed E-state index contributed by atoms with van der Waals surface area (Å²) in [5.41, 5.74) is 0.284. The fourth-order valence-electron chi connectivity index (χ4n) is 2.28. The molecule has 0 aliphatic rings. The number of carbonyl (C=O) groups is 1. The van der Waals surface area contributed by atoms with Crippen molar-refractivity contribution in [3.05, 3.63) is 77.6 Å². The van der Waals surface area contributed by atoms with Gasteiger partial charge in [-0.05, 0) is 36.4 Å². The van der Waals surface area contributed by atoms with Crippen LogP contribution in [-0.2, 0) is 6.18 Å². The van der Waals surface area contributed by atoms with E-state index in [1.165, 1.54) is 24.5 Å². The van der Waals surface area contributed by atoms with E-state index in [4.69, 9.17) is 5.26 Å². The molecule has 0 saturated carbocycles. The lowest BCUT2D eigenvalue weighted by atomic mass is 10.2. The van der Waals surface area contributed by atoms with E-state index in [1.54, 1.807) is 24.3 Å². The Morgan fingerprint density at radius 2 is 1.68 bits per heavy atom. The molecule has 3 aromatic rings. The Labute approximate surface area is 157 Å². The van der Waals surface area contributed by atoms with Gasteiger partial charge in [0.15, 0.2) is 0 Å². The normalized spacial score (nSPS) is 10.8. The summed E-state index contributed by atoms with van der Waals surface area (Å²) < 4.78 is 38.2. The molecule has 0 atom stereocenters. The number of hydrogen-bond acceptors (Lipinski definition) is 5. The zero-order chi connectivity index (χ0) is 20.1. The Kier molecular flexibility index (Phi) is 5.22. The molecule has 0 saturated heterocycles. The van der Waals surface area contributed by atoms with Gasteiger partial charge in [-0.3, -0.25) is 4.79 Å². The van der Waals surface area contributed by atoms with Gasteiger partial charge < -0.3 is 10.6 Å². The van der Waals surface area contributed by atoms with E-state index >= 15 is 0 Å². The fourth-order valence-corrected chi connectivity index (χ4v) is 2.28. The van der Waals surface area contributed by atoms with Gasteiger partial charge >= 0.3 is 6.18 Å². The predicted molar refractivity (Wildman–Crippen MR) is 95.9 cm³/mol. The Balaban J connectivity index is 1.69. The molecule has 0 radical (unpaired) electrons. The first kappa shape index (κ1) is 18.8. The van der Waals surface area contributed by atoms with Gasteiger partial charge in [0.05, 0.1) is 22.8 Å². The van der Waals surface area contributed by atoms with Gasteiger partial charge in [0.2, 0.25) is 5.95 Å². The van der Waals surface area contributed by atoms with E-state index in [0.717, 1.165) is 12.1 Å². The van der Waals surface area contributed by atoms with Gasteiger partial charge in [0, 0.05) is 23.8 Å². The standard InChI is InChI=1S/C19H12F3N5O/c20-19(21,22)14-4-2-6-16(8-14)26-17(28)13-10-24-18(25-11-13)27-15-5-1-3-12(7-15)9-23/h1-8,10-11H,(H,26,28)(H,24,25,27). The molecule has 1 heterocycles. The Morgan fingerprint density at radius 1 is 1.00 bits per heavy atom. The summed E-state index contributed by atoms with van der Waals surface area (Å²) in [4.78, 5) is 20.2. The van der Waals surface area contributed by atoms with Crippen LogP contribution in [0.15, 0.2) is 60.9 Å². The molecular weight excluding hydrogens is 371 g/mol. The highest BCUT2D eigenvalue weighted by molar-refractivity contribution is 6.03. The topological polar surface area (TPSA) is 90.7 Å². The maximum Gasteiger partial charge on any atom is 0.416 e. The number of nitrogens with zero attached hydrogens (tertiary/aromatic N) is 3. The molecule has 1 amide bonds. The maximum atomic E-state index is 12.7. The maximum absolute atomic E-state index is 12.7. The summed E-state index contributed by atoms with van der Waals surface area (Å²) in [7, 11) is 0. The van der Waals surface area contributed by atoms with Crippen LogP contribution in [0.2, 0.25) is 0 Å². The smallest absolute Gasteiger partial charge is 0.324 e. The summed E-state index contributed by atoms with van der Waals surface area (Å²) in [6.45, 7) is 0. The van der Waals surface area contributed by atoms with E-state index in [0.29, 0.717) is 11.3 Å². The van der Waals surface area contributed by atoms with E-state index in [-0.39, 0.29) is 17.2 Å². The summed E-state index contributed by atoms with van der Waals surface area (Å²) in [5, 5.41) is 14.2. The number of nitriles is 1. The molecule has 0 bridgehead atoms. The van der Waals surface area contributed by atoms with Gasteiger partial charge in [-0.1, -0.05) is 12.1 Å². The highest BCUT2D eigenvalue weighted by Gasteiger charge is 2.30. The largest absolute Gasteiger partial charge is 0.416 e. The molecule has 2 N–H and O–H groups in total. The molecule has 0 unspecified atom stereocenters. The number of aromatic nitrogens is 2. The van der Waals surface area contributed by atoms with E-state index in [2.05, 4.69) is 20.6 Å². The van der Waals surface area contributed by atoms with E-state index in [1.807, 2.05) is 6.07 Å². The Bertz CT molecular complexity index is 1040.